The lowest BCUT2D eigenvalue weighted by Crippen LogP contribution is -2.39. The Bertz CT molecular complexity index is 402. The van der Waals surface area contributed by atoms with Crippen LogP contribution in [-0.2, 0) is 0 Å². The van der Waals surface area contributed by atoms with E-state index < -0.39 is 0 Å². The van der Waals surface area contributed by atoms with Crippen LogP contribution in [0.25, 0.3) is 0 Å². The number of aliphatic imine (C=N–C) groups is 1. The lowest BCUT2D eigenvalue weighted by molar-refractivity contribution is 0.663. The van der Waals surface area contributed by atoms with E-state index in [2.05, 4.69) is 41.2 Å². The third-order valence-electron chi connectivity index (χ3n) is 2.94. The summed E-state index contributed by atoms with van der Waals surface area (Å²) in [4.78, 5) is 4.43. The van der Waals surface area contributed by atoms with Gasteiger partial charge in [-0.1, -0.05) is 18.2 Å². The number of thiol groups is 1. The molecular weight excluding hydrogens is 192 g/mol. The molecule has 0 bridgehead atoms. The highest BCUT2D eigenvalue weighted by atomic mass is 32.1. The van der Waals surface area contributed by atoms with Crippen LogP contribution in [-0.4, -0.2) is 11.2 Å². The zero-order chi connectivity index (χ0) is 9.54. The topological polar surface area (TPSA) is 24.4 Å². The van der Waals surface area contributed by atoms with Crippen molar-refractivity contribution in [2.24, 2.45) is 4.99 Å². The number of hydrogen-bond donors (Lipinski definition) is 2. The van der Waals surface area contributed by atoms with Crippen LogP contribution in [0.5, 0.6) is 0 Å². The Hall–Kier alpha value is -0.960. The zero-order valence-electron chi connectivity index (χ0n) is 7.83. The van der Waals surface area contributed by atoms with Crippen LogP contribution in [0.4, 0.5) is 0 Å². The van der Waals surface area contributed by atoms with Crippen molar-refractivity contribution in [3.63, 3.8) is 0 Å². The molecule has 1 heterocycles. The van der Waals surface area contributed by atoms with Crippen LogP contribution < -0.4 is 5.32 Å². The van der Waals surface area contributed by atoms with E-state index in [9.17, 15) is 0 Å². The second-order valence-electron chi connectivity index (χ2n) is 3.84. The lowest BCUT2D eigenvalue weighted by atomic mass is 9.84. The summed E-state index contributed by atoms with van der Waals surface area (Å²) in [7, 11) is 0. The number of hydrogen-bond acceptors (Lipinski definition) is 2. The van der Waals surface area contributed by atoms with Gasteiger partial charge in [-0.05, 0) is 24.8 Å². The van der Waals surface area contributed by atoms with E-state index in [0.717, 1.165) is 30.1 Å². The molecule has 0 spiro atoms. The fraction of sp³-hybridized carbons (Fsp3) is 0.364. The molecule has 0 radical (unpaired) electrons. The highest BCUT2D eigenvalue weighted by molar-refractivity contribution is 7.96. The van der Waals surface area contributed by atoms with Crippen molar-refractivity contribution in [1.29, 1.82) is 0 Å². The number of nitrogens with zero attached hydrogens (tertiary/aromatic N) is 1. The Balaban J connectivity index is 2.15. The summed E-state index contributed by atoms with van der Waals surface area (Å²) in [6, 6.07) is 0.409. The predicted octanol–water partition coefficient (Wildman–Crippen LogP) is 2.18. The summed E-state index contributed by atoms with van der Waals surface area (Å²) in [5.74, 6) is 0. The summed E-state index contributed by atoms with van der Waals surface area (Å²) in [5.41, 5.74) is 4.00. The number of nitrogens with one attached hydrogen (secondary N) is 1. The molecule has 14 heavy (non-hydrogen) atoms. The quantitative estimate of drug-likeness (QED) is 0.581. The molecule has 0 aromatic heterocycles. The Morgan fingerprint density at radius 2 is 2.43 bits per heavy atom. The molecule has 1 atom stereocenters. The Kier molecular flexibility index (Phi) is 1.80. The van der Waals surface area contributed by atoms with Gasteiger partial charge in [-0.15, -0.1) is 12.6 Å². The van der Waals surface area contributed by atoms with Crippen molar-refractivity contribution in [1.82, 2.24) is 5.32 Å². The molecule has 1 aliphatic heterocycles. The summed E-state index contributed by atoms with van der Waals surface area (Å²) >= 11 is 4.30. The van der Waals surface area contributed by atoms with Gasteiger partial charge < -0.3 is 5.32 Å². The first-order valence-electron chi connectivity index (χ1n) is 4.99. The van der Waals surface area contributed by atoms with Gasteiger partial charge in [-0.3, -0.25) is 0 Å². The molecule has 72 valence electrons. The van der Waals surface area contributed by atoms with Crippen molar-refractivity contribution < 1.29 is 0 Å². The van der Waals surface area contributed by atoms with Gasteiger partial charge in [0, 0.05) is 5.57 Å². The molecule has 0 saturated heterocycles. The third kappa shape index (κ3) is 1.16. The zero-order valence-corrected chi connectivity index (χ0v) is 8.72. The highest BCUT2D eigenvalue weighted by Crippen LogP contribution is 2.35. The third-order valence-corrected chi connectivity index (χ3v) is 3.17. The summed E-state index contributed by atoms with van der Waals surface area (Å²) < 4.78 is 0. The van der Waals surface area contributed by atoms with Crippen molar-refractivity contribution in [2.75, 3.05) is 0 Å². The summed E-state index contributed by atoms with van der Waals surface area (Å²) in [6.07, 6.45) is 10.0. The van der Waals surface area contributed by atoms with Crippen LogP contribution >= 0.6 is 12.6 Å². The van der Waals surface area contributed by atoms with E-state index in [0.29, 0.717) is 6.04 Å². The van der Waals surface area contributed by atoms with Gasteiger partial charge in [0.2, 0.25) is 0 Å². The number of rotatable bonds is 0. The van der Waals surface area contributed by atoms with E-state index in [4.69, 9.17) is 0 Å². The molecule has 3 rings (SSSR count). The van der Waals surface area contributed by atoms with Gasteiger partial charge in [0.1, 0.15) is 0 Å². The maximum Gasteiger partial charge on any atom is 0.159 e. The minimum absolute atomic E-state index is 0.409. The molecule has 3 heteroatoms. The van der Waals surface area contributed by atoms with Crippen LogP contribution in [0.1, 0.15) is 19.3 Å². The first-order chi connectivity index (χ1) is 6.84. The Labute approximate surface area is 88.9 Å². The van der Waals surface area contributed by atoms with Gasteiger partial charge in [0.15, 0.2) is 5.17 Å². The largest absolute Gasteiger partial charge is 0.358 e. The molecule has 2 aliphatic carbocycles. The molecule has 0 amide bonds. The van der Waals surface area contributed by atoms with Gasteiger partial charge in [0.05, 0.1) is 11.7 Å². The van der Waals surface area contributed by atoms with E-state index in [1.54, 1.807) is 0 Å². The van der Waals surface area contributed by atoms with Crippen LogP contribution in [0.3, 0.4) is 0 Å². The summed E-state index contributed by atoms with van der Waals surface area (Å²) in [6.45, 7) is 0. The minimum Gasteiger partial charge on any atom is -0.358 e. The number of allylic oxidation sites excluding steroid dienone is 3. The normalized spacial score (nSPS) is 29.1. The van der Waals surface area contributed by atoms with Crippen molar-refractivity contribution in [3.05, 3.63) is 35.1 Å². The maximum atomic E-state index is 4.43. The smallest absolute Gasteiger partial charge is 0.159 e. The lowest BCUT2D eigenvalue weighted by Gasteiger charge is -2.32. The molecule has 0 aromatic carbocycles. The molecule has 1 N–H and O–H groups in total. The fourth-order valence-electron chi connectivity index (χ4n) is 2.35. The molecule has 2 nitrogen and oxygen atoms in total. The van der Waals surface area contributed by atoms with E-state index in [-0.39, 0.29) is 0 Å². The van der Waals surface area contributed by atoms with Crippen molar-refractivity contribution in [3.8, 4) is 0 Å². The molecular formula is C11H12N2S. The molecule has 0 aromatic rings. The van der Waals surface area contributed by atoms with E-state index in [1.165, 1.54) is 11.1 Å². The SMILES string of the molecule is SC1=NC2=CCCC3=C2C(CC=C3)N1. The first-order valence-corrected chi connectivity index (χ1v) is 5.43. The van der Waals surface area contributed by atoms with Crippen LogP contribution in [0.2, 0.25) is 0 Å². The van der Waals surface area contributed by atoms with Crippen LogP contribution in [0.15, 0.2) is 40.1 Å². The van der Waals surface area contributed by atoms with Crippen molar-refractivity contribution >= 4 is 17.8 Å². The van der Waals surface area contributed by atoms with Crippen molar-refractivity contribution in [2.45, 2.75) is 25.3 Å². The first kappa shape index (κ1) is 8.36. The molecule has 1 unspecified atom stereocenters. The van der Waals surface area contributed by atoms with E-state index in [1.807, 2.05) is 0 Å². The Morgan fingerprint density at radius 1 is 1.50 bits per heavy atom. The molecule has 0 fully saturated rings. The molecule has 3 aliphatic rings. The highest BCUT2D eigenvalue weighted by Gasteiger charge is 2.28. The second kappa shape index (κ2) is 3.02. The number of amidine groups is 1. The Morgan fingerprint density at radius 3 is 3.36 bits per heavy atom. The minimum atomic E-state index is 0.409. The van der Waals surface area contributed by atoms with Gasteiger partial charge in [0.25, 0.3) is 0 Å². The van der Waals surface area contributed by atoms with Gasteiger partial charge in [-0.2, -0.15) is 0 Å². The van der Waals surface area contributed by atoms with E-state index >= 15 is 0 Å². The summed E-state index contributed by atoms with van der Waals surface area (Å²) in [5, 5.41) is 4.06. The standard InChI is InChI=1S/C11H12N2S/c14-11-12-8-5-1-3-7-4-2-6-9(13-11)10(7)8/h1,3,6,8H,2,4-5H2,(H2,12,13,14). The monoisotopic (exact) mass is 204 g/mol. The molecule has 0 saturated carbocycles. The fourth-order valence-corrected chi connectivity index (χ4v) is 2.62. The average molecular weight is 204 g/mol. The second-order valence-corrected chi connectivity index (χ2v) is 4.26. The average Bonchev–Trinajstić information content (AvgIpc) is 2.18. The van der Waals surface area contributed by atoms with Crippen LogP contribution in [0, 0.1) is 0 Å². The van der Waals surface area contributed by atoms with Gasteiger partial charge in [-0.25, -0.2) is 4.99 Å². The predicted molar refractivity (Wildman–Crippen MR) is 61.4 cm³/mol. The maximum absolute atomic E-state index is 4.43. The van der Waals surface area contributed by atoms with Gasteiger partial charge >= 0.3 is 0 Å².